The van der Waals surface area contributed by atoms with E-state index in [2.05, 4.69) is 0 Å². The lowest BCUT2D eigenvalue weighted by Crippen LogP contribution is -2.26. The molecule has 1 atom stereocenters. The molecule has 2 aromatic rings. The Morgan fingerprint density at radius 1 is 1.19 bits per heavy atom. The molecule has 0 spiro atoms. The highest BCUT2D eigenvalue weighted by molar-refractivity contribution is 6.00. The highest BCUT2D eigenvalue weighted by atomic mass is 19.1. The number of nitrogen functional groups attached to an aromatic ring is 1. The van der Waals surface area contributed by atoms with Crippen LogP contribution in [-0.4, -0.2) is 12.9 Å². The van der Waals surface area contributed by atoms with Crippen molar-refractivity contribution in [2.24, 2.45) is 5.73 Å². The number of anilines is 1. The smallest absolute Gasteiger partial charge is 0.128 e. The standard InChI is InChI=1S/C16H17F2N3/c1-10(12-5-3-4-6-14(12)18)21(2)15-8-7-11(17)9-13(15)16(19)20/h3-10H,1-2H3,(H3,19,20). The van der Waals surface area contributed by atoms with E-state index in [1.807, 2.05) is 6.92 Å². The Hall–Kier alpha value is -2.43. The van der Waals surface area contributed by atoms with Gasteiger partial charge in [0.1, 0.15) is 17.5 Å². The lowest BCUT2D eigenvalue weighted by molar-refractivity contribution is 0.585. The molecule has 0 bridgehead atoms. The summed E-state index contributed by atoms with van der Waals surface area (Å²) in [4.78, 5) is 1.77. The van der Waals surface area contributed by atoms with E-state index in [0.29, 0.717) is 16.8 Å². The highest BCUT2D eigenvalue weighted by Gasteiger charge is 2.19. The fourth-order valence-corrected chi connectivity index (χ4v) is 2.26. The molecule has 110 valence electrons. The van der Waals surface area contributed by atoms with Gasteiger partial charge in [-0.1, -0.05) is 18.2 Å². The molecule has 3 N–H and O–H groups in total. The lowest BCUT2D eigenvalue weighted by atomic mass is 10.0. The number of nitrogens with zero attached hydrogens (tertiary/aromatic N) is 1. The first-order valence-corrected chi connectivity index (χ1v) is 6.53. The Balaban J connectivity index is 2.43. The molecular formula is C16H17F2N3. The van der Waals surface area contributed by atoms with E-state index < -0.39 is 5.82 Å². The third kappa shape index (κ3) is 3.02. The maximum Gasteiger partial charge on any atom is 0.128 e. The Morgan fingerprint density at radius 2 is 1.86 bits per heavy atom. The summed E-state index contributed by atoms with van der Waals surface area (Å²) in [5.41, 5.74) is 6.91. The molecule has 2 aromatic carbocycles. The van der Waals surface area contributed by atoms with Crippen molar-refractivity contribution in [2.45, 2.75) is 13.0 Å². The topological polar surface area (TPSA) is 53.1 Å². The third-order valence-corrected chi connectivity index (χ3v) is 3.57. The van der Waals surface area contributed by atoms with Crippen molar-refractivity contribution in [1.29, 1.82) is 5.41 Å². The molecule has 0 aliphatic rings. The molecule has 0 aliphatic carbocycles. The van der Waals surface area contributed by atoms with Crippen molar-refractivity contribution in [1.82, 2.24) is 0 Å². The average Bonchev–Trinajstić information content (AvgIpc) is 2.46. The number of halogens is 2. The van der Waals surface area contributed by atoms with Gasteiger partial charge < -0.3 is 10.6 Å². The molecule has 21 heavy (non-hydrogen) atoms. The van der Waals surface area contributed by atoms with Gasteiger partial charge in [0.15, 0.2) is 0 Å². The Morgan fingerprint density at radius 3 is 2.48 bits per heavy atom. The van der Waals surface area contributed by atoms with Crippen LogP contribution in [-0.2, 0) is 0 Å². The molecule has 1 unspecified atom stereocenters. The predicted molar refractivity (Wildman–Crippen MR) is 80.6 cm³/mol. The van der Waals surface area contributed by atoms with Crippen LogP contribution in [0.4, 0.5) is 14.5 Å². The first-order valence-electron chi connectivity index (χ1n) is 6.53. The second-order valence-corrected chi connectivity index (χ2v) is 4.88. The van der Waals surface area contributed by atoms with Crippen LogP contribution in [0.2, 0.25) is 0 Å². The summed E-state index contributed by atoms with van der Waals surface area (Å²) < 4.78 is 27.2. The van der Waals surface area contributed by atoms with Crippen molar-refractivity contribution in [3.05, 3.63) is 65.2 Å². The van der Waals surface area contributed by atoms with Gasteiger partial charge >= 0.3 is 0 Å². The summed E-state index contributed by atoms with van der Waals surface area (Å²) in [6, 6.07) is 10.3. The monoisotopic (exact) mass is 289 g/mol. The van der Waals surface area contributed by atoms with Gasteiger partial charge in [0.25, 0.3) is 0 Å². The number of benzene rings is 2. The zero-order chi connectivity index (χ0) is 15.6. The van der Waals surface area contributed by atoms with Gasteiger partial charge in [-0.25, -0.2) is 8.78 Å². The van der Waals surface area contributed by atoms with E-state index in [-0.39, 0.29) is 17.7 Å². The fourth-order valence-electron chi connectivity index (χ4n) is 2.26. The molecule has 0 amide bonds. The molecule has 0 aliphatic heterocycles. The normalized spacial score (nSPS) is 12.0. The number of amidine groups is 1. The van der Waals surface area contributed by atoms with Crippen molar-refractivity contribution < 1.29 is 8.78 Å². The summed E-state index contributed by atoms with van der Waals surface area (Å²) in [6.07, 6.45) is 0. The SMILES string of the molecule is CC(c1ccccc1F)N(C)c1ccc(F)cc1C(=N)N. The first kappa shape index (κ1) is 15.0. The summed E-state index contributed by atoms with van der Waals surface area (Å²) in [5.74, 6) is -0.990. The van der Waals surface area contributed by atoms with E-state index in [0.717, 1.165) is 0 Å². The summed E-state index contributed by atoms with van der Waals surface area (Å²) in [5, 5.41) is 7.56. The maximum absolute atomic E-state index is 13.9. The molecule has 0 radical (unpaired) electrons. The minimum absolute atomic E-state index is 0.225. The summed E-state index contributed by atoms with van der Waals surface area (Å²) >= 11 is 0. The number of hydrogen-bond donors (Lipinski definition) is 2. The number of nitrogens with two attached hydrogens (primary N) is 1. The van der Waals surface area contributed by atoms with Crippen LogP contribution in [0.15, 0.2) is 42.5 Å². The van der Waals surface area contributed by atoms with Crippen LogP contribution in [0.25, 0.3) is 0 Å². The van der Waals surface area contributed by atoms with E-state index in [9.17, 15) is 8.78 Å². The Labute approximate surface area is 122 Å². The van der Waals surface area contributed by atoms with Gasteiger partial charge in [-0.3, -0.25) is 5.41 Å². The number of rotatable bonds is 4. The molecule has 0 aromatic heterocycles. The molecule has 5 heteroatoms. The zero-order valence-corrected chi connectivity index (χ0v) is 11.9. The third-order valence-electron chi connectivity index (χ3n) is 3.57. The molecule has 3 nitrogen and oxygen atoms in total. The van der Waals surface area contributed by atoms with Crippen LogP contribution in [0.1, 0.15) is 24.1 Å². The van der Waals surface area contributed by atoms with Crippen molar-refractivity contribution in [2.75, 3.05) is 11.9 Å². The number of nitrogens with one attached hydrogen (secondary N) is 1. The van der Waals surface area contributed by atoms with Gasteiger partial charge in [-0.15, -0.1) is 0 Å². The van der Waals surface area contributed by atoms with Crippen LogP contribution >= 0.6 is 0 Å². The fraction of sp³-hybridized carbons (Fsp3) is 0.188. The summed E-state index contributed by atoms with van der Waals surface area (Å²) in [7, 11) is 1.76. The second-order valence-electron chi connectivity index (χ2n) is 4.88. The van der Waals surface area contributed by atoms with Crippen LogP contribution in [0, 0.1) is 17.0 Å². The minimum atomic E-state index is -0.462. The zero-order valence-electron chi connectivity index (χ0n) is 11.9. The maximum atomic E-state index is 13.9. The van der Waals surface area contributed by atoms with Crippen molar-refractivity contribution >= 4 is 11.5 Å². The Kier molecular flexibility index (Phi) is 4.21. The molecule has 0 heterocycles. The largest absolute Gasteiger partial charge is 0.384 e. The van der Waals surface area contributed by atoms with Crippen LogP contribution in [0.5, 0.6) is 0 Å². The van der Waals surface area contributed by atoms with Gasteiger partial charge in [0.2, 0.25) is 0 Å². The first-order chi connectivity index (χ1) is 9.91. The van der Waals surface area contributed by atoms with E-state index in [1.54, 1.807) is 36.2 Å². The molecular weight excluding hydrogens is 272 g/mol. The molecule has 0 saturated heterocycles. The predicted octanol–water partition coefficient (Wildman–Crippen LogP) is 3.45. The van der Waals surface area contributed by atoms with E-state index in [4.69, 9.17) is 11.1 Å². The average molecular weight is 289 g/mol. The Bertz CT molecular complexity index is 670. The van der Waals surface area contributed by atoms with Gasteiger partial charge in [-0.2, -0.15) is 0 Å². The lowest BCUT2D eigenvalue weighted by Gasteiger charge is -2.29. The van der Waals surface area contributed by atoms with Gasteiger partial charge in [0, 0.05) is 23.9 Å². The van der Waals surface area contributed by atoms with Crippen molar-refractivity contribution in [3.63, 3.8) is 0 Å². The number of hydrogen-bond acceptors (Lipinski definition) is 2. The van der Waals surface area contributed by atoms with Gasteiger partial charge in [-0.05, 0) is 31.2 Å². The molecule has 0 saturated carbocycles. The van der Waals surface area contributed by atoms with Crippen LogP contribution in [0.3, 0.4) is 0 Å². The minimum Gasteiger partial charge on any atom is -0.384 e. The molecule has 2 rings (SSSR count). The highest BCUT2D eigenvalue weighted by Crippen LogP contribution is 2.29. The van der Waals surface area contributed by atoms with Crippen LogP contribution < -0.4 is 10.6 Å². The van der Waals surface area contributed by atoms with Gasteiger partial charge in [0.05, 0.1) is 6.04 Å². The van der Waals surface area contributed by atoms with Crippen molar-refractivity contribution in [3.8, 4) is 0 Å². The second kappa shape index (κ2) is 5.91. The summed E-state index contributed by atoms with van der Waals surface area (Å²) in [6.45, 7) is 1.84. The van der Waals surface area contributed by atoms with E-state index in [1.165, 1.54) is 18.2 Å². The quantitative estimate of drug-likeness (QED) is 0.669. The molecule has 0 fully saturated rings. The van der Waals surface area contributed by atoms with E-state index >= 15 is 0 Å².